The van der Waals surface area contributed by atoms with Crippen LogP contribution >= 0.6 is 11.6 Å². The molecule has 172 valence electrons. The molecule has 1 saturated carbocycles. The van der Waals surface area contributed by atoms with Gasteiger partial charge in [0.25, 0.3) is 0 Å². The Morgan fingerprint density at radius 3 is 2.56 bits per heavy atom. The lowest BCUT2D eigenvalue weighted by Crippen LogP contribution is -2.28. The van der Waals surface area contributed by atoms with E-state index in [1.165, 1.54) is 29.7 Å². The molecule has 1 fully saturated rings. The third kappa shape index (κ3) is 4.09. The summed E-state index contributed by atoms with van der Waals surface area (Å²) < 4.78 is 0. The van der Waals surface area contributed by atoms with Crippen molar-refractivity contribution in [3.8, 4) is 0 Å². The first-order chi connectivity index (χ1) is 16.8. The van der Waals surface area contributed by atoms with Crippen molar-refractivity contribution in [1.82, 2.24) is 9.97 Å². The van der Waals surface area contributed by atoms with Crippen molar-refractivity contribution in [2.24, 2.45) is 16.1 Å². The van der Waals surface area contributed by atoms with Gasteiger partial charge in [0.2, 0.25) is 0 Å². The molecule has 5 nitrogen and oxygen atoms in total. The molecule has 34 heavy (non-hydrogen) atoms. The number of anilines is 1. The molecular formula is C28H28ClN5. The molecule has 1 N–H and O–H groups in total. The Balaban J connectivity index is 1.35. The second-order valence-electron chi connectivity index (χ2n) is 9.42. The number of hydrogen-bond acceptors (Lipinski definition) is 4. The molecule has 1 aromatic carbocycles. The highest BCUT2D eigenvalue weighted by atomic mass is 35.5. The monoisotopic (exact) mass is 469 g/mol. The van der Waals surface area contributed by atoms with Gasteiger partial charge in [0.05, 0.1) is 40.9 Å². The van der Waals surface area contributed by atoms with Crippen LogP contribution in [0.4, 0.5) is 5.69 Å². The minimum atomic E-state index is 0.431. The summed E-state index contributed by atoms with van der Waals surface area (Å²) >= 11 is 6.53. The highest BCUT2D eigenvalue weighted by molar-refractivity contribution is 6.34. The van der Waals surface area contributed by atoms with Crippen molar-refractivity contribution in [2.75, 3.05) is 11.4 Å². The van der Waals surface area contributed by atoms with Gasteiger partial charge in [-0.05, 0) is 61.4 Å². The first kappa shape index (κ1) is 21.4. The lowest BCUT2D eigenvalue weighted by Gasteiger charge is -2.29. The van der Waals surface area contributed by atoms with Gasteiger partial charge >= 0.3 is 0 Å². The van der Waals surface area contributed by atoms with Gasteiger partial charge in [-0.2, -0.15) is 10.2 Å². The lowest BCUT2D eigenvalue weighted by atomic mass is 9.77. The molecule has 6 rings (SSSR count). The molecule has 1 aliphatic carbocycles. The van der Waals surface area contributed by atoms with E-state index >= 15 is 0 Å². The maximum Gasteiger partial charge on any atom is 0.0895 e. The van der Waals surface area contributed by atoms with Gasteiger partial charge in [-0.15, -0.1) is 0 Å². The maximum absolute atomic E-state index is 6.53. The predicted octanol–water partition coefficient (Wildman–Crippen LogP) is 5.38. The number of halogens is 1. The summed E-state index contributed by atoms with van der Waals surface area (Å²) in [5.41, 5.74) is 6.03. The normalized spacial score (nSPS) is 21.9. The highest BCUT2D eigenvalue weighted by Crippen LogP contribution is 2.40. The van der Waals surface area contributed by atoms with Crippen molar-refractivity contribution in [3.05, 3.63) is 93.4 Å². The summed E-state index contributed by atoms with van der Waals surface area (Å²) in [6, 6.07) is 17.0. The number of pyridine rings is 1. The Hall–Kier alpha value is -3.18. The third-order valence-electron chi connectivity index (χ3n) is 7.33. The second-order valence-corrected chi connectivity index (χ2v) is 9.86. The Kier molecular flexibility index (Phi) is 5.79. The Morgan fingerprint density at radius 1 is 0.971 bits per heavy atom. The first-order valence-electron chi connectivity index (χ1n) is 12.2. The number of azo groups is 1. The predicted molar refractivity (Wildman–Crippen MR) is 137 cm³/mol. The number of hydrogen-bond donors (Lipinski definition) is 1. The molecular weight excluding hydrogens is 442 g/mol. The van der Waals surface area contributed by atoms with Crippen molar-refractivity contribution < 1.29 is 0 Å². The number of nitrogens with zero attached hydrogens (tertiary/aromatic N) is 4. The van der Waals surface area contributed by atoms with E-state index in [1.807, 2.05) is 24.4 Å². The van der Waals surface area contributed by atoms with E-state index in [0.29, 0.717) is 18.4 Å². The van der Waals surface area contributed by atoms with Gasteiger partial charge in [0.15, 0.2) is 0 Å². The van der Waals surface area contributed by atoms with E-state index < -0.39 is 0 Å². The zero-order valence-electron chi connectivity index (χ0n) is 19.1. The molecule has 2 aliphatic heterocycles. The zero-order chi connectivity index (χ0) is 22.9. The summed E-state index contributed by atoms with van der Waals surface area (Å²) in [5, 5.41) is 12.2. The van der Waals surface area contributed by atoms with Crippen LogP contribution in [0, 0.1) is 5.92 Å². The summed E-state index contributed by atoms with van der Waals surface area (Å²) in [6.45, 7) is 2.05. The second kappa shape index (κ2) is 9.22. The zero-order valence-corrected chi connectivity index (χ0v) is 19.9. The fourth-order valence-corrected chi connectivity index (χ4v) is 5.83. The highest BCUT2D eigenvalue weighted by Gasteiger charge is 2.29. The Labute approximate surface area is 204 Å². The van der Waals surface area contributed by atoms with Gasteiger partial charge in [-0.1, -0.05) is 48.0 Å². The van der Waals surface area contributed by atoms with Gasteiger partial charge < -0.3 is 9.88 Å². The van der Waals surface area contributed by atoms with E-state index in [2.05, 4.69) is 62.5 Å². The van der Waals surface area contributed by atoms with Crippen molar-refractivity contribution >= 4 is 29.1 Å². The molecule has 4 heterocycles. The number of benzene rings is 1. The molecule has 0 spiro atoms. The van der Waals surface area contributed by atoms with Gasteiger partial charge in [0.1, 0.15) is 0 Å². The largest absolute Gasteiger partial charge is 0.360 e. The average Bonchev–Trinajstić information content (AvgIpc) is 3.18. The Bertz CT molecular complexity index is 1350. The number of rotatable bonds is 4. The molecule has 0 atom stereocenters. The van der Waals surface area contributed by atoms with Crippen LogP contribution in [0.25, 0.3) is 11.8 Å². The van der Waals surface area contributed by atoms with Crippen LogP contribution in [0.3, 0.4) is 0 Å². The van der Waals surface area contributed by atoms with Crippen LogP contribution in [-0.4, -0.2) is 16.5 Å². The summed E-state index contributed by atoms with van der Waals surface area (Å²) in [5.74, 6) is 1.07. The van der Waals surface area contributed by atoms with Gasteiger partial charge in [0, 0.05) is 29.3 Å². The van der Waals surface area contributed by atoms with Gasteiger partial charge in [-0.3, -0.25) is 4.98 Å². The molecule has 0 bridgehead atoms. The molecule has 2 aromatic heterocycles. The Morgan fingerprint density at radius 2 is 1.76 bits per heavy atom. The smallest absolute Gasteiger partial charge is 0.0895 e. The van der Waals surface area contributed by atoms with Crippen LogP contribution in [0.2, 0.25) is 0 Å². The summed E-state index contributed by atoms with van der Waals surface area (Å²) in [4.78, 5) is 10.6. The van der Waals surface area contributed by atoms with E-state index in [4.69, 9.17) is 16.7 Å². The number of fused-ring (bicyclic) bond motifs is 3. The van der Waals surface area contributed by atoms with Crippen molar-refractivity contribution in [2.45, 2.75) is 44.7 Å². The first-order valence-corrected chi connectivity index (χ1v) is 12.5. The van der Waals surface area contributed by atoms with Crippen LogP contribution in [0.1, 0.15) is 48.4 Å². The number of aromatic amines is 1. The van der Waals surface area contributed by atoms with Crippen molar-refractivity contribution in [1.29, 1.82) is 0 Å². The third-order valence-corrected chi connectivity index (χ3v) is 7.60. The lowest BCUT2D eigenvalue weighted by molar-refractivity contribution is 0.378. The number of aromatic nitrogens is 2. The van der Waals surface area contributed by atoms with Crippen LogP contribution < -0.4 is 15.6 Å². The van der Waals surface area contributed by atoms with Crippen LogP contribution in [-0.2, 0) is 13.1 Å². The van der Waals surface area contributed by atoms with Gasteiger partial charge in [-0.25, -0.2) is 0 Å². The molecule has 0 radical (unpaired) electrons. The topological polar surface area (TPSA) is 56.6 Å². The number of allylic oxidation sites excluding steroid dienone is 1. The summed E-state index contributed by atoms with van der Waals surface area (Å²) in [6.07, 6.45) is 10.6. The molecule has 0 saturated heterocycles. The quantitative estimate of drug-likeness (QED) is 0.557. The molecule has 0 unspecified atom stereocenters. The fourth-order valence-electron chi connectivity index (χ4n) is 5.65. The van der Waals surface area contributed by atoms with Crippen LogP contribution in [0.5, 0.6) is 0 Å². The fraction of sp³-hybridized carbons (Fsp3) is 0.321. The molecule has 3 aliphatic rings. The minimum Gasteiger partial charge on any atom is -0.360 e. The van der Waals surface area contributed by atoms with E-state index in [0.717, 1.165) is 53.1 Å². The standard InChI is InChI=1S/C28H28ClN5/c29-22-13-15-34(18-23-8-4-5-14-30-23)28-24-17-31-33-26(27(24)32-25(28)16-22)21-11-9-20(10-12-21)19-6-2-1-3-7-19/h1-8,13-14,16,20-21,32H,9-12,15,17-18H2/t20-,21-. The molecule has 6 heteroatoms. The number of nitrogens with one attached hydrogen (secondary N) is 1. The van der Waals surface area contributed by atoms with Crippen molar-refractivity contribution in [3.63, 3.8) is 0 Å². The van der Waals surface area contributed by atoms with E-state index in [-0.39, 0.29) is 0 Å². The SMILES string of the molecule is ClC1=CCN(Cc2ccccn2)c2c3c([nH]c2=C1)=C([C@H]1CC[C@H](c2ccccc2)CC1)N=NC3. The summed E-state index contributed by atoms with van der Waals surface area (Å²) in [7, 11) is 0. The molecule has 0 amide bonds. The average molecular weight is 470 g/mol. The number of H-pyrrole nitrogens is 1. The molecule has 3 aromatic rings. The van der Waals surface area contributed by atoms with E-state index in [1.54, 1.807) is 0 Å². The van der Waals surface area contributed by atoms with Crippen LogP contribution in [0.15, 0.2) is 76.1 Å². The van der Waals surface area contributed by atoms with E-state index in [9.17, 15) is 0 Å². The maximum atomic E-state index is 6.53. The minimum absolute atomic E-state index is 0.431.